The van der Waals surface area contributed by atoms with E-state index in [4.69, 9.17) is 14.3 Å². The van der Waals surface area contributed by atoms with E-state index in [1.165, 1.54) is 13.0 Å². The lowest BCUT2D eigenvalue weighted by molar-refractivity contribution is -0.144. The van der Waals surface area contributed by atoms with Gasteiger partial charge in [0.25, 0.3) is 0 Å². The van der Waals surface area contributed by atoms with Crippen LogP contribution in [0, 0.1) is 13.8 Å². The molecule has 5 nitrogen and oxygen atoms in total. The molecular formula is C20H18O5. The SMILES string of the molecule is Cc1cccc(C)c1-c1cc(=O)oc2cc(O[C@H](C)C(=O)O)ccc12. The summed E-state index contributed by atoms with van der Waals surface area (Å²) in [5, 5.41) is 9.73. The molecule has 2 aromatic carbocycles. The molecule has 1 atom stereocenters. The van der Waals surface area contributed by atoms with Crippen LogP contribution in [0.1, 0.15) is 18.1 Å². The molecule has 0 saturated heterocycles. The number of benzene rings is 2. The van der Waals surface area contributed by atoms with Crippen LogP contribution in [0.25, 0.3) is 22.1 Å². The summed E-state index contributed by atoms with van der Waals surface area (Å²) >= 11 is 0. The Bertz CT molecular complexity index is 996. The summed E-state index contributed by atoms with van der Waals surface area (Å²) in [7, 11) is 0. The van der Waals surface area contributed by atoms with Gasteiger partial charge in [0.15, 0.2) is 6.10 Å². The number of hydrogen-bond donors (Lipinski definition) is 1. The zero-order valence-corrected chi connectivity index (χ0v) is 14.2. The Morgan fingerprint density at radius 3 is 2.44 bits per heavy atom. The fourth-order valence-corrected chi connectivity index (χ4v) is 2.92. The van der Waals surface area contributed by atoms with Crippen LogP contribution in [0.15, 0.2) is 51.7 Å². The molecule has 1 aromatic heterocycles. The second kappa shape index (κ2) is 6.43. The first kappa shape index (κ1) is 16.8. The van der Waals surface area contributed by atoms with Crippen LogP contribution in [0.3, 0.4) is 0 Å². The van der Waals surface area contributed by atoms with Gasteiger partial charge in [-0.3, -0.25) is 0 Å². The minimum Gasteiger partial charge on any atom is -0.479 e. The topological polar surface area (TPSA) is 76.7 Å². The third kappa shape index (κ3) is 3.26. The molecule has 0 aliphatic carbocycles. The van der Waals surface area contributed by atoms with Crippen molar-refractivity contribution in [2.24, 2.45) is 0 Å². The number of aryl methyl sites for hydroxylation is 2. The third-order valence-electron chi connectivity index (χ3n) is 4.13. The average Bonchev–Trinajstić information content (AvgIpc) is 2.54. The monoisotopic (exact) mass is 338 g/mol. The number of rotatable bonds is 4. The lowest BCUT2D eigenvalue weighted by atomic mass is 9.94. The highest BCUT2D eigenvalue weighted by Gasteiger charge is 2.15. The van der Waals surface area contributed by atoms with E-state index in [2.05, 4.69) is 0 Å². The summed E-state index contributed by atoms with van der Waals surface area (Å²) in [6.07, 6.45) is -0.994. The molecule has 1 N–H and O–H groups in total. The number of carboxylic acids is 1. The van der Waals surface area contributed by atoms with Crippen molar-refractivity contribution in [1.29, 1.82) is 0 Å². The number of fused-ring (bicyclic) bond motifs is 1. The van der Waals surface area contributed by atoms with Gasteiger partial charge in [0.05, 0.1) is 0 Å². The Kier molecular flexibility index (Phi) is 4.31. The highest BCUT2D eigenvalue weighted by molar-refractivity contribution is 5.95. The van der Waals surface area contributed by atoms with E-state index >= 15 is 0 Å². The predicted octanol–water partition coefficient (Wildman–Crippen LogP) is 3.93. The summed E-state index contributed by atoms with van der Waals surface area (Å²) in [6, 6.07) is 12.5. The quantitative estimate of drug-likeness (QED) is 0.729. The van der Waals surface area contributed by atoms with Gasteiger partial charge in [-0.15, -0.1) is 0 Å². The Morgan fingerprint density at radius 2 is 1.80 bits per heavy atom. The Balaban J connectivity index is 2.19. The smallest absolute Gasteiger partial charge is 0.344 e. The summed E-state index contributed by atoms with van der Waals surface area (Å²) in [5.41, 5.74) is 3.81. The van der Waals surface area contributed by atoms with E-state index in [9.17, 15) is 9.59 Å². The van der Waals surface area contributed by atoms with Crippen molar-refractivity contribution in [2.45, 2.75) is 26.9 Å². The largest absolute Gasteiger partial charge is 0.479 e. The number of carbonyl (C=O) groups is 1. The number of ether oxygens (including phenoxy) is 1. The molecule has 0 spiro atoms. The van der Waals surface area contributed by atoms with Gasteiger partial charge in [-0.25, -0.2) is 9.59 Å². The van der Waals surface area contributed by atoms with Crippen LogP contribution in [-0.2, 0) is 4.79 Å². The fraction of sp³-hybridized carbons (Fsp3) is 0.200. The normalized spacial score (nSPS) is 12.1. The van der Waals surface area contributed by atoms with Crippen molar-refractivity contribution in [3.63, 3.8) is 0 Å². The first-order chi connectivity index (χ1) is 11.9. The molecule has 0 bridgehead atoms. The van der Waals surface area contributed by atoms with Gasteiger partial charge in [-0.2, -0.15) is 0 Å². The third-order valence-corrected chi connectivity index (χ3v) is 4.13. The molecule has 25 heavy (non-hydrogen) atoms. The molecule has 3 rings (SSSR count). The minimum absolute atomic E-state index is 0.337. The Hall–Kier alpha value is -3.08. The maximum absolute atomic E-state index is 12.0. The second-order valence-corrected chi connectivity index (χ2v) is 6.00. The zero-order valence-electron chi connectivity index (χ0n) is 14.2. The van der Waals surface area contributed by atoms with E-state index < -0.39 is 17.7 Å². The molecule has 0 aliphatic rings. The van der Waals surface area contributed by atoms with Crippen LogP contribution >= 0.6 is 0 Å². The Morgan fingerprint density at radius 1 is 1.12 bits per heavy atom. The van der Waals surface area contributed by atoms with Gasteiger partial charge >= 0.3 is 11.6 Å². The summed E-state index contributed by atoms with van der Waals surface area (Å²) in [4.78, 5) is 23.0. The summed E-state index contributed by atoms with van der Waals surface area (Å²) in [6.45, 7) is 5.43. The van der Waals surface area contributed by atoms with Gasteiger partial charge in [0.1, 0.15) is 11.3 Å². The molecule has 1 heterocycles. The lowest BCUT2D eigenvalue weighted by Gasteiger charge is -2.14. The van der Waals surface area contributed by atoms with E-state index in [1.54, 1.807) is 18.2 Å². The van der Waals surface area contributed by atoms with Gasteiger partial charge in [-0.05, 0) is 49.6 Å². The molecule has 0 fully saturated rings. The van der Waals surface area contributed by atoms with E-state index in [0.717, 1.165) is 27.6 Å². The van der Waals surface area contributed by atoms with Gasteiger partial charge < -0.3 is 14.3 Å². The van der Waals surface area contributed by atoms with Crippen molar-refractivity contribution in [3.8, 4) is 16.9 Å². The molecule has 0 aliphatic heterocycles. The van der Waals surface area contributed by atoms with Crippen molar-refractivity contribution < 1.29 is 19.1 Å². The second-order valence-electron chi connectivity index (χ2n) is 6.00. The van der Waals surface area contributed by atoms with E-state index in [0.29, 0.717) is 11.3 Å². The maximum atomic E-state index is 12.0. The first-order valence-electron chi connectivity index (χ1n) is 7.91. The molecule has 5 heteroatoms. The van der Waals surface area contributed by atoms with Crippen LogP contribution in [0.4, 0.5) is 0 Å². The van der Waals surface area contributed by atoms with E-state index in [-0.39, 0.29) is 0 Å². The molecule has 0 radical (unpaired) electrons. The zero-order chi connectivity index (χ0) is 18.1. The fourth-order valence-electron chi connectivity index (χ4n) is 2.92. The van der Waals surface area contributed by atoms with Crippen molar-refractivity contribution in [3.05, 3.63) is 64.0 Å². The highest BCUT2D eigenvalue weighted by Crippen LogP contribution is 2.33. The van der Waals surface area contributed by atoms with Crippen LogP contribution < -0.4 is 10.4 Å². The molecule has 3 aromatic rings. The van der Waals surface area contributed by atoms with Gasteiger partial charge in [-0.1, -0.05) is 18.2 Å². The number of hydrogen-bond acceptors (Lipinski definition) is 4. The van der Waals surface area contributed by atoms with Crippen LogP contribution in [0.5, 0.6) is 5.75 Å². The van der Waals surface area contributed by atoms with Gasteiger partial charge in [0, 0.05) is 23.1 Å². The van der Waals surface area contributed by atoms with E-state index in [1.807, 2.05) is 32.0 Å². The molecule has 0 saturated carbocycles. The summed E-state index contributed by atoms with van der Waals surface area (Å²) in [5.74, 6) is -0.727. The minimum atomic E-state index is -1.06. The summed E-state index contributed by atoms with van der Waals surface area (Å²) < 4.78 is 10.7. The standard InChI is InChI=1S/C20H18O5/c1-11-5-4-6-12(2)19(11)16-10-18(21)25-17-9-14(7-8-15(16)17)24-13(3)20(22)23/h4-10,13H,1-3H3,(H,22,23)/t13-/m1/s1. The predicted molar refractivity (Wildman–Crippen MR) is 95.1 cm³/mol. The maximum Gasteiger partial charge on any atom is 0.344 e. The van der Waals surface area contributed by atoms with Crippen LogP contribution in [-0.4, -0.2) is 17.2 Å². The highest BCUT2D eigenvalue weighted by atomic mass is 16.5. The molecule has 0 amide bonds. The van der Waals surface area contributed by atoms with Crippen molar-refractivity contribution in [1.82, 2.24) is 0 Å². The van der Waals surface area contributed by atoms with Crippen molar-refractivity contribution in [2.75, 3.05) is 0 Å². The average molecular weight is 338 g/mol. The molecular weight excluding hydrogens is 320 g/mol. The first-order valence-corrected chi connectivity index (χ1v) is 7.91. The van der Waals surface area contributed by atoms with Crippen molar-refractivity contribution >= 4 is 16.9 Å². The number of aliphatic carboxylic acids is 1. The molecule has 128 valence electrons. The Labute approximate surface area is 144 Å². The van der Waals surface area contributed by atoms with Gasteiger partial charge in [0.2, 0.25) is 0 Å². The van der Waals surface area contributed by atoms with Crippen LogP contribution in [0.2, 0.25) is 0 Å². The lowest BCUT2D eigenvalue weighted by Crippen LogP contribution is -2.22. The molecule has 0 unspecified atom stereocenters. The number of carboxylic acid groups (broad SMARTS) is 1.